The van der Waals surface area contributed by atoms with E-state index in [0.29, 0.717) is 29.0 Å². The maximum Gasteiger partial charge on any atom is 0.255 e. The molecule has 0 saturated carbocycles. The van der Waals surface area contributed by atoms with E-state index in [2.05, 4.69) is 15.5 Å². The summed E-state index contributed by atoms with van der Waals surface area (Å²) in [5, 5.41) is 5.68. The van der Waals surface area contributed by atoms with Crippen molar-refractivity contribution in [3.63, 3.8) is 0 Å². The molecule has 1 fully saturated rings. The molecule has 0 spiro atoms. The van der Waals surface area contributed by atoms with Gasteiger partial charge in [0.1, 0.15) is 5.82 Å². The average molecular weight is 383 g/mol. The number of carbonyl (C=O) groups excluding carboxylic acids is 2. The van der Waals surface area contributed by atoms with E-state index in [4.69, 9.17) is 0 Å². The number of nitrogens with zero attached hydrogens (tertiary/aromatic N) is 1. The summed E-state index contributed by atoms with van der Waals surface area (Å²) in [6.07, 6.45) is 4.73. The van der Waals surface area contributed by atoms with Crippen LogP contribution in [0.5, 0.6) is 0 Å². The van der Waals surface area contributed by atoms with Crippen LogP contribution in [0.3, 0.4) is 0 Å². The average Bonchev–Trinajstić information content (AvgIpc) is 2.92. The smallest absolute Gasteiger partial charge is 0.255 e. The van der Waals surface area contributed by atoms with Gasteiger partial charge in [0.05, 0.1) is 6.54 Å². The van der Waals surface area contributed by atoms with Gasteiger partial charge >= 0.3 is 0 Å². The van der Waals surface area contributed by atoms with E-state index in [9.17, 15) is 14.0 Å². The summed E-state index contributed by atoms with van der Waals surface area (Å²) < 4.78 is 13.4. The summed E-state index contributed by atoms with van der Waals surface area (Å²) in [6, 6.07) is 11.3. The van der Waals surface area contributed by atoms with E-state index in [-0.39, 0.29) is 17.6 Å². The lowest BCUT2D eigenvalue weighted by atomic mass is 10.1. The van der Waals surface area contributed by atoms with Crippen molar-refractivity contribution in [1.29, 1.82) is 0 Å². The molecule has 3 rings (SSSR count). The third kappa shape index (κ3) is 5.63. The molecule has 0 radical (unpaired) electrons. The lowest BCUT2D eigenvalue weighted by Crippen LogP contribution is -2.33. The quantitative estimate of drug-likeness (QED) is 0.813. The first-order valence-corrected chi connectivity index (χ1v) is 9.71. The number of rotatable bonds is 5. The van der Waals surface area contributed by atoms with Gasteiger partial charge in [-0.05, 0) is 74.8 Å². The van der Waals surface area contributed by atoms with Crippen LogP contribution < -0.4 is 10.6 Å². The van der Waals surface area contributed by atoms with Crippen LogP contribution in [0.15, 0.2) is 42.5 Å². The zero-order chi connectivity index (χ0) is 19.9. The Balaban J connectivity index is 1.59. The lowest BCUT2D eigenvalue weighted by molar-refractivity contribution is -0.117. The van der Waals surface area contributed by atoms with Crippen LogP contribution in [0, 0.1) is 12.7 Å². The van der Waals surface area contributed by atoms with Crippen molar-refractivity contribution in [1.82, 2.24) is 4.90 Å². The Bertz CT molecular complexity index is 845. The topological polar surface area (TPSA) is 61.4 Å². The molecule has 0 atom stereocenters. The van der Waals surface area contributed by atoms with Crippen molar-refractivity contribution in [2.45, 2.75) is 32.6 Å². The van der Waals surface area contributed by atoms with Gasteiger partial charge in [-0.3, -0.25) is 14.5 Å². The third-order valence-corrected chi connectivity index (χ3v) is 4.89. The van der Waals surface area contributed by atoms with Gasteiger partial charge in [-0.2, -0.15) is 0 Å². The van der Waals surface area contributed by atoms with Gasteiger partial charge in [0.2, 0.25) is 5.91 Å². The lowest BCUT2D eigenvalue weighted by Gasteiger charge is -2.19. The second-order valence-electron chi connectivity index (χ2n) is 7.24. The third-order valence-electron chi connectivity index (χ3n) is 4.89. The highest BCUT2D eigenvalue weighted by molar-refractivity contribution is 6.04. The number of nitrogens with one attached hydrogen (secondary N) is 2. The number of amides is 2. The minimum Gasteiger partial charge on any atom is -0.325 e. The van der Waals surface area contributed by atoms with Crippen molar-refractivity contribution in [2.75, 3.05) is 30.3 Å². The molecule has 0 bridgehead atoms. The molecule has 0 aromatic heterocycles. The number of aryl methyl sites for hydroxylation is 1. The molecule has 1 aliphatic rings. The number of anilines is 2. The second-order valence-corrected chi connectivity index (χ2v) is 7.24. The summed E-state index contributed by atoms with van der Waals surface area (Å²) in [6.45, 7) is 3.92. The van der Waals surface area contributed by atoms with Crippen LogP contribution in [0.25, 0.3) is 0 Å². The molecule has 5 nitrogen and oxygen atoms in total. The number of carbonyl (C=O) groups is 2. The molecule has 28 heavy (non-hydrogen) atoms. The number of hydrogen-bond donors (Lipinski definition) is 2. The van der Waals surface area contributed by atoms with Crippen LogP contribution in [-0.2, 0) is 4.79 Å². The largest absolute Gasteiger partial charge is 0.325 e. The summed E-state index contributed by atoms with van der Waals surface area (Å²) in [4.78, 5) is 26.9. The number of benzene rings is 2. The molecule has 2 aromatic carbocycles. The van der Waals surface area contributed by atoms with Gasteiger partial charge in [0.15, 0.2) is 0 Å². The fourth-order valence-electron chi connectivity index (χ4n) is 3.36. The predicted molar refractivity (Wildman–Crippen MR) is 109 cm³/mol. The minimum absolute atomic E-state index is 0.0560. The second kappa shape index (κ2) is 9.46. The Kier molecular flexibility index (Phi) is 6.76. The van der Waals surface area contributed by atoms with Crippen LogP contribution in [0.2, 0.25) is 0 Å². The van der Waals surface area contributed by atoms with Gasteiger partial charge in [0.25, 0.3) is 5.91 Å². The molecular formula is C22H26FN3O2. The van der Waals surface area contributed by atoms with Crippen molar-refractivity contribution < 1.29 is 14.0 Å². The van der Waals surface area contributed by atoms with Crippen molar-refractivity contribution in [3.8, 4) is 0 Å². The first kappa shape index (κ1) is 20.0. The molecule has 1 heterocycles. The van der Waals surface area contributed by atoms with Gasteiger partial charge in [-0.1, -0.05) is 18.9 Å². The van der Waals surface area contributed by atoms with E-state index in [1.165, 1.54) is 31.0 Å². The van der Waals surface area contributed by atoms with Gasteiger partial charge in [0, 0.05) is 16.9 Å². The molecule has 6 heteroatoms. The maximum atomic E-state index is 13.4. The Morgan fingerprint density at radius 3 is 2.32 bits per heavy atom. The van der Waals surface area contributed by atoms with Gasteiger partial charge in [-0.15, -0.1) is 0 Å². The Labute approximate surface area is 164 Å². The van der Waals surface area contributed by atoms with Gasteiger partial charge in [-0.25, -0.2) is 4.39 Å². The highest BCUT2D eigenvalue weighted by atomic mass is 19.1. The normalized spacial score (nSPS) is 14.9. The minimum atomic E-state index is -0.342. The molecule has 2 amide bonds. The van der Waals surface area contributed by atoms with Crippen molar-refractivity contribution in [3.05, 3.63) is 59.4 Å². The van der Waals surface area contributed by atoms with Crippen LogP contribution in [-0.4, -0.2) is 36.3 Å². The van der Waals surface area contributed by atoms with E-state index < -0.39 is 0 Å². The fourth-order valence-corrected chi connectivity index (χ4v) is 3.36. The number of hydrogen-bond acceptors (Lipinski definition) is 3. The Morgan fingerprint density at radius 2 is 1.64 bits per heavy atom. The summed E-state index contributed by atoms with van der Waals surface area (Å²) in [5.74, 6) is -0.721. The first-order valence-electron chi connectivity index (χ1n) is 9.71. The fraction of sp³-hybridized carbons (Fsp3) is 0.364. The molecule has 2 aromatic rings. The monoisotopic (exact) mass is 383 g/mol. The van der Waals surface area contributed by atoms with E-state index >= 15 is 0 Å². The Morgan fingerprint density at radius 1 is 0.964 bits per heavy atom. The number of halogens is 1. The zero-order valence-electron chi connectivity index (χ0n) is 16.1. The molecular weight excluding hydrogens is 357 g/mol. The highest BCUT2D eigenvalue weighted by Crippen LogP contribution is 2.17. The van der Waals surface area contributed by atoms with E-state index in [0.717, 1.165) is 25.9 Å². The summed E-state index contributed by atoms with van der Waals surface area (Å²) >= 11 is 0. The van der Waals surface area contributed by atoms with E-state index in [1.54, 1.807) is 31.2 Å². The molecule has 1 aliphatic heterocycles. The summed E-state index contributed by atoms with van der Waals surface area (Å²) in [7, 11) is 0. The van der Waals surface area contributed by atoms with E-state index in [1.807, 2.05) is 0 Å². The first-order chi connectivity index (χ1) is 13.5. The predicted octanol–water partition coefficient (Wildman–Crippen LogP) is 4.20. The molecule has 1 saturated heterocycles. The van der Waals surface area contributed by atoms with Gasteiger partial charge < -0.3 is 10.6 Å². The molecule has 0 unspecified atom stereocenters. The molecule has 0 aliphatic carbocycles. The standard InChI is InChI=1S/C22H26FN3O2/c1-16-13-17(9-10-20(16)23)22(28)25-19-8-6-7-18(14-19)24-21(27)15-26-11-4-2-3-5-12-26/h6-10,13-14H,2-5,11-12,15H2,1H3,(H,24,27)(H,25,28). The number of likely N-dealkylation sites (tertiary alicyclic amines) is 1. The maximum absolute atomic E-state index is 13.4. The molecule has 2 N–H and O–H groups in total. The van der Waals surface area contributed by atoms with Crippen LogP contribution >= 0.6 is 0 Å². The summed E-state index contributed by atoms with van der Waals surface area (Å²) in [5.41, 5.74) is 2.00. The van der Waals surface area contributed by atoms with Crippen molar-refractivity contribution in [2.24, 2.45) is 0 Å². The van der Waals surface area contributed by atoms with Crippen LogP contribution in [0.4, 0.5) is 15.8 Å². The highest BCUT2D eigenvalue weighted by Gasteiger charge is 2.13. The SMILES string of the molecule is Cc1cc(C(=O)Nc2cccc(NC(=O)CN3CCCCCC3)c2)ccc1F. The Hall–Kier alpha value is -2.73. The van der Waals surface area contributed by atoms with Crippen molar-refractivity contribution >= 4 is 23.2 Å². The zero-order valence-corrected chi connectivity index (χ0v) is 16.1. The molecule has 148 valence electrons. The van der Waals surface area contributed by atoms with Crippen LogP contribution in [0.1, 0.15) is 41.6 Å².